The van der Waals surface area contributed by atoms with Gasteiger partial charge in [0.1, 0.15) is 0 Å². The van der Waals surface area contributed by atoms with Gasteiger partial charge in [-0.1, -0.05) is 44.5 Å². The molecule has 1 amide bonds. The lowest BCUT2D eigenvalue weighted by Gasteiger charge is -2.48. The molecule has 26 heavy (non-hydrogen) atoms. The molecular weight excluding hydrogens is 354 g/mol. The third-order valence-corrected chi connectivity index (χ3v) is 5.83. The molecule has 0 spiro atoms. The number of rotatable bonds is 7. The minimum atomic E-state index is -1.53. The van der Waals surface area contributed by atoms with Gasteiger partial charge in [0.05, 0.1) is 6.04 Å². The minimum Gasteiger partial charge on any atom is -0.479 e. The third-order valence-electron chi connectivity index (χ3n) is 5.58. The van der Waals surface area contributed by atoms with E-state index < -0.39 is 17.5 Å². The number of halogens is 1. The lowest BCUT2D eigenvalue weighted by molar-refractivity contribution is -0.159. The molecule has 0 aliphatic carbocycles. The number of piperidine rings is 1. The maximum absolute atomic E-state index is 13.4. The first-order valence-electron chi connectivity index (χ1n) is 9.22. The van der Waals surface area contributed by atoms with E-state index in [2.05, 4.69) is 13.8 Å². The molecule has 1 aliphatic heterocycles. The summed E-state index contributed by atoms with van der Waals surface area (Å²) in [6, 6.07) is 7.57. The van der Waals surface area contributed by atoms with E-state index in [4.69, 9.17) is 16.7 Å². The highest BCUT2D eigenvalue weighted by molar-refractivity contribution is 6.30. The van der Waals surface area contributed by atoms with Crippen LogP contribution in [-0.4, -0.2) is 39.1 Å². The van der Waals surface area contributed by atoms with Crippen molar-refractivity contribution >= 4 is 23.5 Å². The Kier molecular flexibility index (Phi) is 6.69. The van der Waals surface area contributed by atoms with E-state index in [1.165, 1.54) is 0 Å². The molecule has 1 aliphatic rings. The molecule has 0 bridgehead atoms. The summed E-state index contributed by atoms with van der Waals surface area (Å²) in [6.07, 6.45) is 1.32. The fraction of sp³-hybridized carbons (Fsp3) is 0.600. The average Bonchev–Trinajstić information content (AvgIpc) is 2.60. The second-order valence-electron chi connectivity index (χ2n) is 7.41. The zero-order chi connectivity index (χ0) is 19.5. The van der Waals surface area contributed by atoms with Gasteiger partial charge in [0.2, 0.25) is 5.91 Å². The Hall–Kier alpha value is -1.59. The van der Waals surface area contributed by atoms with Crippen LogP contribution in [0.1, 0.15) is 64.5 Å². The predicted molar refractivity (Wildman–Crippen MR) is 101 cm³/mol. The number of carboxylic acid groups (broad SMARTS) is 1. The molecule has 6 heteroatoms. The number of aliphatic hydroxyl groups is 1. The van der Waals surface area contributed by atoms with Crippen molar-refractivity contribution in [1.29, 1.82) is 0 Å². The van der Waals surface area contributed by atoms with Gasteiger partial charge in [0.25, 0.3) is 0 Å². The smallest absolute Gasteiger partial charge is 0.332 e. The molecule has 1 saturated heterocycles. The quantitative estimate of drug-likeness (QED) is 0.747. The molecule has 144 valence electrons. The number of benzene rings is 1. The molecule has 1 aromatic rings. The van der Waals surface area contributed by atoms with Gasteiger partial charge in [-0.15, -0.1) is 0 Å². The summed E-state index contributed by atoms with van der Waals surface area (Å²) in [6.45, 7) is 5.88. The third kappa shape index (κ3) is 4.21. The number of hydrogen-bond acceptors (Lipinski definition) is 3. The molecule has 2 rings (SSSR count). The summed E-state index contributed by atoms with van der Waals surface area (Å²) in [5.74, 6) is -1.36. The summed E-state index contributed by atoms with van der Waals surface area (Å²) in [7, 11) is 0. The molecule has 1 aromatic carbocycles. The molecule has 0 radical (unpaired) electrons. The molecule has 5 nitrogen and oxygen atoms in total. The highest BCUT2D eigenvalue weighted by atomic mass is 35.5. The van der Waals surface area contributed by atoms with Crippen molar-refractivity contribution in [3.63, 3.8) is 0 Å². The van der Waals surface area contributed by atoms with Gasteiger partial charge in [-0.3, -0.25) is 4.79 Å². The van der Waals surface area contributed by atoms with Crippen LogP contribution in [0.15, 0.2) is 24.3 Å². The molecule has 1 fully saturated rings. The van der Waals surface area contributed by atoms with E-state index in [1.807, 2.05) is 29.2 Å². The zero-order valence-corrected chi connectivity index (χ0v) is 16.4. The van der Waals surface area contributed by atoms with E-state index >= 15 is 0 Å². The monoisotopic (exact) mass is 381 g/mol. The van der Waals surface area contributed by atoms with Gasteiger partial charge in [-0.05, 0) is 49.8 Å². The number of likely N-dealkylation sites (tertiary alicyclic amines) is 1. The van der Waals surface area contributed by atoms with Gasteiger partial charge >= 0.3 is 5.97 Å². The lowest BCUT2D eigenvalue weighted by atomic mass is 9.73. The van der Waals surface area contributed by atoms with Crippen LogP contribution in [-0.2, 0) is 9.59 Å². The Bertz CT molecular complexity index is 644. The Morgan fingerprint density at radius 3 is 2.38 bits per heavy atom. The predicted octanol–water partition coefficient (Wildman–Crippen LogP) is 4.03. The van der Waals surface area contributed by atoms with Gasteiger partial charge in [-0.2, -0.15) is 0 Å². The van der Waals surface area contributed by atoms with Crippen LogP contribution >= 0.6 is 11.6 Å². The fourth-order valence-electron chi connectivity index (χ4n) is 3.97. The first-order chi connectivity index (χ1) is 12.2. The van der Waals surface area contributed by atoms with E-state index in [0.717, 1.165) is 24.8 Å². The largest absolute Gasteiger partial charge is 0.479 e. The maximum atomic E-state index is 13.4. The van der Waals surface area contributed by atoms with E-state index in [-0.39, 0.29) is 24.4 Å². The van der Waals surface area contributed by atoms with Crippen LogP contribution in [0.5, 0.6) is 0 Å². The first-order valence-corrected chi connectivity index (χ1v) is 9.60. The van der Waals surface area contributed by atoms with E-state index in [0.29, 0.717) is 11.4 Å². The van der Waals surface area contributed by atoms with Gasteiger partial charge in [0.15, 0.2) is 6.10 Å². The van der Waals surface area contributed by atoms with Crippen LogP contribution in [0.2, 0.25) is 5.02 Å². The van der Waals surface area contributed by atoms with E-state index in [9.17, 15) is 14.7 Å². The van der Waals surface area contributed by atoms with E-state index in [1.54, 1.807) is 6.92 Å². The molecule has 1 heterocycles. The van der Waals surface area contributed by atoms with Gasteiger partial charge in [-0.25, -0.2) is 4.79 Å². The number of hydrogen-bond donors (Lipinski definition) is 2. The number of nitrogens with zero attached hydrogens (tertiary/aromatic N) is 1. The molecular formula is C20H28ClNO4. The number of amides is 1. The van der Waals surface area contributed by atoms with Crippen molar-refractivity contribution in [2.24, 2.45) is 5.41 Å². The number of carbonyl (C=O) groups excluding carboxylic acids is 1. The van der Waals surface area contributed by atoms with Crippen LogP contribution in [0.25, 0.3) is 0 Å². The summed E-state index contributed by atoms with van der Waals surface area (Å²) >= 11 is 6.00. The van der Waals surface area contributed by atoms with Crippen LogP contribution < -0.4 is 0 Å². The Morgan fingerprint density at radius 1 is 1.31 bits per heavy atom. The molecule has 2 N–H and O–H groups in total. The van der Waals surface area contributed by atoms with Gasteiger partial charge < -0.3 is 15.1 Å². The van der Waals surface area contributed by atoms with Crippen molar-refractivity contribution in [2.45, 2.75) is 71.1 Å². The Morgan fingerprint density at radius 2 is 1.88 bits per heavy atom. The lowest BCUT2D eigenvalue weighted by Crippen LogP contribution is -2.54. The molecule has 2 unspecified atom stereocenters. The Balaban J connectivity index is 2.37. The Labute approximate surface area is 160 Å². The highest BCUT2D eigenvalue weighted by Crippen LogP contribution is 2.45. The summed E-state index contributed by atoms with van der Waals surface area (Å²) in [5.41, 5.74) is 0.166. The topological polar surface area (TPSA) is 77.8 Å². The van der Waals surface area contributed by atoms with Crippen molar-refractivity contribution < 1.29 is 19.8 Å². The minimum absolute atomic E-state index is 0.0558. The normalized spacial score (nSPS) is 24.8. The van der Waals surface area contributed by atoms with Gasteiger partial charge in [0, 0.05) is 16.5 Å². The summed E-state index contributed by atoms with van der Waals surface area (Å²) in [4.78, 5) is 26.4. The zero-order valence-electron chi connectivity index (χ0n) is 15.6. The number of carboxylic acids is 1. The number of aliphatic hydroxyl groups excluding tert-OH is 1. The standard InChI is InChI=1S/C20H28ClNO4/c1-4-15(5-2)22-16(13-6-8-14(21)9-7-13)10-11-20(3,19(22)26)12-17(23)18(24)25/h6-9,15-17,23H,4-5,10-12H2,1-3H3,(H,24,25)/t16?,17?,20-/m1/s1. The van der Waals surface area contributed by atoms with Crippen molar-refractivity contribution in [3.8, 4) is 0 Å². The van der Waals surface area contributed by atoms with Crippen molar-refractivity contribution in [1.82, 2.24) is 4.90 Å². The second-order valence-corrected chi connectivity index (χ2v) is 7.84. The maximum Gasteiger partial charge on any atom is 0.332 e. The van der Waals surface area contributed by atoms with Crippen LogP contribution in [0, 0.1) is 5.41 Å². The van der Waals surface area contributed by atoms with Crippen LogP contribution in [0.3, 0.4) is 0 Å². The van der Waals surface area contributed by atoms with Crippen LogP contribution in [0.4, 0.5) is 0 Å². The van der Waals surface area contributed by atoms with Crippen molar-refractivity contribution in [3.05, 3.63) is 34.9 Å². The average molecular weight is 382 g/mol. The molecule has 0 aromatic heterocycles. The number of aliphatic carboxylic acids is 1. The SMILES string of the molecule is CCC(CC)N1C(=O)[C@@](C)(CC(O)C(=O)O)CCC1c1ccc(Cl)cc1. The summed E-state index contributed by atoms with van der Waals surface area (Å²) in [5, 5.41) is 19.5. The molecule has 0 saturated carbocycles. The first kappa shape index (κ1) is 20.7. The highest BCUT2D eigenvalue weighted by Gasteiger charge is 2.47. The fourth-order valence-corrected chi connectivity index (χ4v) is 4.10. The molecule has 3 atom stereocenters. The summed E-state index contributed by atoms with van der Waals surface area (Å²) < 4.78 is 0. The van der Waals surface area contributed by atoms with Crippen molar-refractivity contribution in [2.75, 3.05) is 0 Å². The number of carbonyl (C=O) groups is 2. The second kappa shape index (κ2) is 8.40.